The van der Waals surface area contributed by atoms with Crippen molar-refractivity contribution in [2.24, 2.45) is 5.92 Å². The molecule has 0 aromatic heterocycles. The lowest BCUT2D eigenvalue weighted by Crippen LogP contribution is -2.50. The molecule has 0 saturated heterocycles. The molecule has 2 amide bonds. The van der Waals surface area contributed by atoms with Crippen molar-refractivity contribution in [3.05, 3.63) is 71.3 Å². The van der Waals surface area contributed by atoms with E-state index in [0.717, 1.165) is 12.1 Å². The molecule has 2 N–H and O–H groups in total. The molecule has 2 rings (SSSR count). The van der Waals surface area contributed by atoms with Gasteiger partial charge in [0, 0.05) is 5.56 Å². The molecule has 0 aliphatic heterocycles. The van der Waals surface area contributed by atoms with Gasteiger partial charge in [-0.15, -0.1) is 0 Å². The van der Waals surface area contributed by atoms with E-state index in [1.165, 1.54) is 12.1 Å². The lowest BCUT2D eigenvalue weighted by atomic mass is 9.97. The standard InChI is InChI=1S/C22H25F3N2O2/c1-4-14(2)19(27-20(28)16-9-6-5-7-10-16)21(29)26-15(3)17-11-8-12-18(13-17)22(23,24)25/h5-15,19H,4H2,1-3H3,(H,26,29)(H,27,28). The highest BCUT2D eigenvalue weighted by atomic mass is 19.4. The second-order valence-corrected chi connectivity index (χ2v) is 7.06. The maximum Gasteiger partial charge on any atom is 0.416 e. The summed E-state index contributed by atoms with van der Waals surface area (Å²) in [4.78, 5) is 25.3. The van der Waals surface area contributed by atoms with Crippen molar-refractivity contribution < 1.29 is 22.8 Å². The van der Waals surface area contributed by atoms with Crippen LogP contribution in [0.3, 0.4) is 0 Å². The van der Waals surface area contributed by atoms with Crippen LogP contribution in [0, 0.1) is 5.92 Å². The van der Waals surface area contributed by atoms with E-state index < -0.39 is 29.7 Å². The molecule has 0 fully saturated rings. The normalized spacial score (nSPS) is 14.6. The predicted octanol–water partition coefficient (Wildman–Crippen LogP) is 4.73. The molecular formula is C22H25F3N2O2. The molecule has 0 spiro atoms. The average Bonchev–Trinajstić information content (AvgIpc) is 2.71. The first-order valence-electron chi connectivity index (χ1n) is 9.47. The van der Waals surface area contributed by atoms with E-state index in [4.69, 9.17) is 0 Å². The molecule has 0 aliphatic rings. The van der Waals surface area contributed by atoms with Crippen LogP contribution in [0.1, 0.15) is 54.7 Å². The molecule has 0 saturated carbocycles. The molecule has 7 heteroatoms. The molecule has 3 atom stereocenters. The summed E-state index contributed by atoms with van der Waals surface area (Å²) in [6.45, 7) is 5.35. The number of hydrogen-bond acceptors (Lipinski definition) is 2. The van der Waals surface area contributed by atoms with Crippen LogP contribution in [0.4, 0.5) is 13.2 Å². The summed E-state index contributed by atoms with van der Waals surface area (Å²) < 4.78 is 38.8. The highest BCUT2D eigenvalue weighted by molar-refractivity contribution is 5.97. The van der Waals surface area contributed by atoms with E-state index in [0.29, 0.717) is 17.5 Å². The molecule has 2 aromatic rings. The van der Waals surface area contributed by atoms with E-state index in [1.54, 1.807) is 37.3 Å². The first-order valence-corrected chi connectivity index (χ1v) is 9.47. The van der Waals surface area contributed by atoms with Crippen molar-refractivity contribution in [1.29, 1.82) is 0 Å². The highest BCUT2D eigenvalue weighted by Gasteiger charge is 2.31. The summed E-state index contributed by atoms with van der Waals surface area (Å²) in [5, 5.41) is 5.47. The van der Waals surface area contributed by atoms with Crippen molar-refractivity contribution in [3.8, 4) is 0 Å². The number of halogens is 3. The first-order chi connectivity index (χ1) is 13.6. The third-order valence-corrected chi connectivity index (χ3v) is 4.89. The Kier molecular flexibility index (Phi) is 7.42. The second kappa shape index (κ2) is 9.58. The van der Waals surface area contributed by atoms with E-state index >= 15 is 0 Å². The molecule has 3 unspecified atom stereocenters. The van der Waals surface area contributed by atoms with Gasteiger partial charge in [0.1, 0.15) is 6.04 Å². The van der Waals surface area contributed by atoms with Crippen LogP contribution < -0.4 is 10.6 Å². The van der Waals surface area contributed by atoms with Gasteiger partial charge in [0.25, 0.3) is 5.91 Å². The minimum atomic E-state index is -4.46. The quantitative estimate of drug-likeness (QED) is 0.699. The first kappa shape index (κ1) is 22.5. The molecule has 4 nitrogen and oxygen atoms in total. The molecule has 156 valence electrons. The van der Waals surface area contributed by atoms with Gasteiger partial charge in [-0.25, -0.2) is 0 Å². The zero-order valence-electron chi connectivity index (χ0n) is 16.6. The fourth-order valence-electron chi connectivity index (χ4n) is 2.89. The zero-order chi connectivity index (χ0) is 21.6. The Morgan fingerprint density at radius 1 is 0.966 bits per heavy atom. The van der Waals surface area contributed by atoms with Gasteiger partial charge in [-0.1, -0.05) is 50.6 Å². The highest BCUT2D eigenvalue weighted by Crippen LogP contribution is 2.30. The smallest absolute Gasteiger partial charge is 0.348 e. The zero-order valence-corrected chi connectivity index (χ0v) is 16.6. The van der Waals surface area contributed by atoms with Crippen LogP contribution in [0.25, 0.3) is 0 Å². The van der Waals surface area contributed by atoms with Gasteiger partial charge in [0.15, 0.2) is 0 Å². The van der Waals surface area contributed by atoms with Crippen LogP contribution in [0.15, 0.2) is 54.6 Å². The van der Waals surface area contributed by atoms with E-state index in [9.17, 15) is 22.8 Å². The molecule has 29 heavy (non-hydrogen) atoms. The average molecular weight is 406 g/mol. The Hall–Kier alpha value is -2.83. The summed E-state index contributed by atoms with van der Waals surface area (Å²) in [5.74, 6) is -0.970. The van der Waals surface area contributed by atoms with Crippen molar-refractivity contribution in [2.45, 2.75) is 45.5 Å². The van der Waals surface area contributed by atoms with Gasteiger partial charge < -0.3 is 10.6 Å². The van der Waals surface area contributed by atoms with Gasteiger partial charge >= 0.3 is 6.18 Å². The van der Waals surface area contributed by atoms with Gasteiger partial charge in [0.2, 0.25) is 5.91 Å². The fraction of sp³-hybridized carbons (Fsp3) is 0.364. The molecule has 2 aromatic carbocycles. The van der Waals surface area contributed by atoms with Crippen molar-refractivity contribution in [2.75, 3.05) is 0 Å². The van der Waals surface area contributed by atoms with Crippen molar-refractivity contribution in [1.82, 2.24) is 10.6 Å². The van der Waals surface area contributed by atoms with Crippen molar-refractivity contribution >= 4 is 11.8 Å². The van der Waals surface area contributed by atoms with Gasteiger partial charge in [-0.05, 0) is 42.7 Å². The maximum atomic E-state index is 12.9. The Bertz CT molecular complexity index is 837. The van der Waals surface area contributed by atoms with Crippen LogP contribution in [-0.4, -0.2) is 17.9 Å². The molecule has 0 heterocycles. The number of rotatable bonds is 7. The third-order valence-electron chi connectivity index (χ3n) is 4.89. The number of alkyl halides is 3. The lowest BCUT2D eigenvalue weighted by molar-refractivity contribution is -0.137. The molecule has 0 radical (unpaired) electrons. The Morgan fingerprint density at radius 3 is 2.21 bits per heavy atom. The molecular weight excluding hydrogens is 381 g/mol. The summed E-state index contributed by atoms with van der Waals surface area (Å²) in [7, 11) is 0. The van der Waals surface area contributed by atoms with Crippen molar-refractivity contribution in [3.63, 3.8) is 0 Å². The topological polar surface area (TPSA) is 58.2 Å². The molecule has 0 aliphatic carbocycles. The van der Waals surface area contributed by atoms with Gasteiger partial charge in [-0.3, -0.25) is 9.59 Å². The largest absolute Gasteiger partial charge is 0.416 e. The summed E-state index contributed by atoms with van der Waals surface area (Å²) in [6, 6.07) is 11.9. The summed E-state index contributed by atoms with van der Waals surface area (Å²) >= 11 is 0. The van der Waals surface area contributed by atoms with E-state index in [2.05, 4.69) is 10.6 Å². The molecule has 0 bridgehead atoms. The fourth-order valence-corrected chi connectivity index (χ4v) is 2.89. The number of benzene rings is 2. The van der Waals surface area contributed by atoms with Crippen LogP contribution in [0.2, 0.25) is 0 Å². The minimum Gasteiger partial charge on any atom is -0.348 e. The monoisotopic (exact) mass is 406 g/mol. The lowest BCUT2D eigenvalue weighted by Gasteiger charge is -2.26. The number of carbonyl (C=O) groups is 2. The van der Waals surface area contributed by atoms with Gasteiger partial charge in [0.05, 0.1) is 11.6 Å². The van der Waals surface area contributed by atoms with Crippen LogP contribution in [-0.2, 0) is 11.0 Å². The third kappa shape index (κ3) is 6.07. The van der Waals surface area contributed by atoms with E-state index in [-0.39, 0.29) is 11.8 Å². The number of carbonyl (C=O) groups excluding carboxylic acids is 2. The Morgan fingerprint density at radius 2 is 1.62 bits per heavy atom. The van der Waals surface area contributed by atoms with Crippen LogP contribution >= 0.6 is 0 Å². The number of nitrogens with one attached hydrogen (secondary N) is 2. The van der Waals surface area contributed by atoms with Gasteiger partial charge in [-0.2, -0.15) is 13.2 Å². The Balaban J connectivity index is 2.14. The summed E-state index contributed by atoms with van der Waals surface area (Å²) in [5.41, 5.74) is -0.00283. The number of hydrogen-bond donors (Lipinski definition) is 2. The SMILES string of the molecule is CCC(C)C(NC(=O)c1ccccc1)C(=O)NC(C)c1cccc(C(F)(F)F)c1. The minimum absolute atomic E-state index is 0.156. The van der Waals surface area contributed by atoms with Crippen LogP contribution in [0.5, 0.6) is 0 Å². The predicted molar refractivity (Wildman–Crippen MR) is 105 cm³/mol. The number of amides is 2. The summed E-state index contributed by atoms with van der Waals surface area (Å²) in [6.07, 6.45) is -3.81. The second-order valence-electron chi connectivity index (χ2n) is 7.06. The van der Waals surface area contributed by atoms with E-state index in [1.807, 2.05) is 13.8 Å². The maximum absolute atomic E-state index is 12.9. The Labute approximate surface area is 168 Å².